The van der Waals surface area contributed by atoms with Crippen molar-refractivity contribution in [2.24, 2.45) is 0 Å². The van der Waals surface area contributed by atoms with Gasteiger partial charge in [-0.3, -0.25) is 4.68 Å². The Labute approximate surface area is 86.8 Å². The van der Waals surface area contributed by atoms with E-state index in [0.717, 1.165) is 18.1 Å². The number of aromatic nitrogens is 3. The Bertz CT molecular complexity index is 301. The molecular formula is C8H13N3O2S. The third-order valence-corrected chi connectivity index (χ3v) is 2.48. The van der Waals surface area contributed by atoms with E-state index in [-0.39, 0.29) is 5.69 Å². The Morgan fingerprint density at radius 2 is 2.50 bits per heavy atom. The molecule has 6 heteroatoms. The fraction of sp³-hybridized carbons (Fsp3) is 0.625. The summed E-state index contributed by atoms with van der Waals surface area (Å²) in [6.45, 7) is 2.87. The van der Waals surface area contributed by atoms with Gasteiger partial charge in [-0.05, 0) is 5.75 Å². The highest BCUT2D eigenvalue weighted by Crippen LogP contribution is 2.01. The molecule has 0 bridgehead atoms. The number of rotatable bonds is 5. The summed E-state index contributed by atoms with van der Waals surface area (Å²) in [5, 5.41) is 7.50. The number of esters is 1. The molecule has 1 aromatic heterocycles. The summed E-state index contributed by atoms with van der Waals surface area (Å²) in [5.74, 6) is 1.61. The van der Waals surface area contributed by atoms with Gasteiger partial charge in [0.25, 0.3) is 0 Å². The number of carbonyl (C=O) groups excluding carboxylic acids is 1. The molecule has 0 N–H and O–H groups in total. The highest BCUT2D eigenvalue weighted by atomic mass is 32.2. The maximum atomic E-state index is 11.0. The lowest BCUT2D eigenvalue weighted by Crippen LogP contribution is -2.02. The number of thioether (sulfide) groups is 1. The van der Waals surface area contributed by atoms with Gasteiger partial charge in [0.1, 0.15) is 0 Å². The maximum absolute atomic E-state index is 11.0. The smallest absolute Gasteiger partial charge is 0.360 e. The number of nitrogens with zero attached hydrogens (tertiary/aromatic N) is 3. The molecular weight excluding hydrogens is 202 g/mol. The standard InChI is InChI=1S/C8H13N3O2S/c1-3-14-5-4-11-6-7(9-10-11)8(12)13-2/h6H,3-5H2,1-2H3. The first-order valence-corrected chi connectivity index (χ1v) is 5.49. The van der Waals surface area contributed by atoms with Gasteiger partial charge in [-0.15, -0.1) is 5.10 Å². The summed E-state index contributed by atoms with van der Waals surface area (Å²) >= 11 is 1.82. The minimum atomic E-state index is -0.445. The van der Waals surface area contributed by atoms with Crippen LogP contribution in [0.5, 0.6) is 0 Å². The number of hydrogen-bond acceptors (Lipinski definition) is 5. The maximum Gasteiger partial charge on any atom is 0.360 e. The predicted octanol–water partition coefficient (Wildman–Crippen LogP) is 0.818. The van der Waals surface area contributed by atoms with Gasteiger partial charge < -0.3 is 4.74 Å². The van der Waals surface area contributed by atoms with E-state index in [1.807, 2.05) is 11.8 Å². The fourth-order valence-electron chi connectivity index (χ4n) is 0.908. The molecule has 0 saturated heterocycles. The summed E-state index contributed by atoms with van der Waals surface area (Å²) < 4.78 is 6.16. The predicted molar refractivity (Wildman–Crippen MR) is 54.4 cm³/mol. The van der Waals surface area contributed by atoms with Gasteiger partial charge >= 0.3 is 5.97 Å². The second-order valence-electron chi connectivity index (χ2n) is 2.56. The minimum absolute atomic E-state index is 0.258. The molecule has 1 aromatic rings. The Morgan fingerprint density at radius 1 is 1.71 bits per heavy atom. The summed E-state index contributed by atoms with van der Waals surface area (Å²) in [6, 6.07) is 0. The van der Waals surface area contributed by atoms with Gasteiger partial charge in [-0.2, -0.15) is 11.8 Å². The molecule has 0 unspecified atom stereocenters. The Kier molecular flexibility index (Phi) is 4.45. The largest absolute Gasteiger partial charge is 0.464 e. The van der Waals surface area contributed by atoms with Crippen LogP contribution >= 0.6 is 11.8 Å². The zero-order chi connectivity index (χ0) is 10.4. The second-order valence-corrected chi connectivity index (χ2v) is 3.95. The van der Waals surface area contributed by atoms with Gasteiger partial charge in [-0.25, -0.2) is 4.79 Å². The van der Waals surface area contributed by atoms with Crippen molar-refractivity contribution in [3.8, 4) is 0 Å². The lowest BCUT2D eigenvalue weighted by Gasteiger charge is -1.97. The molecule has 1 rings (SSSR count). The monoisotopic (exact) mass is 215 g/mol. The van der Waals surface area contributed by atoms with Crippen LogP contribution in [-0.4, -0.2) is 39.6 Å². The van der Waals surface area contributed by atoms with Gasteiger partial charge in [0.05, 0.1) is 19.9 Å². The molecule has 1 heterocycles. The highest BCUT2D eigenvalue weighted by molar-refractivity contribution is 7.99. The summed E-state index contributed by atoms with van der Waals surface area (Å²) in [5.41, 5.74) is 0.258. The Morgan fingerprint density at radius 3 is 3.14 bits per heavy atom. The first-order chi connectivity index (χ1) is 6.77. The van der Waals surface area contributed by atoms with Gasteiger partial charge in [0, 0.05) is 5.75 Å². The SMILES string of the molecule is CCSCCn1cc(C(=O)OC)nn1. The lowest BCUT2D eigenvalue weighted by atomic mass is 10.5. The van der Waals surface area contributed by atoms with Crippen molar-refractivity contribution >= 4 is 17.7 Å². The van der Waals surface area contributed by atoms with Crippen LogP contribution in [0.4, 0.5) is 0 Å². The van der Waals surface area contributed by atoms with Crippen LogP contribution in [0.2, 0.25) is 0 Å². The van der Waals surface area contributed by atoms with E-state index in [1.165, 1.54) is 7.11 Å². The molecule has 0 aliphatic carbocycles. The molecule has 14 heavy (non-hydrogen) atoms. The highest BCUT2D eigenvalue weighted by Gasteiger charge is 2.09. The van der Waals surface area contributed by atoms with Crippen molar-refractivity contribution in [3.05, 3.63) is 11.9 Å². The van der Waals surface area contributed by atoms with Crippen molar-refractivity contribution in [3.63, 3.8) is 0 Å². The number of hydrogen-bond donors (Lipinski definition) is 0. The molecule has 0 saturated carbocycles. The average Bonchev–Trinajstić information content (AvgIpc) is 2.66. The quantitative estimate of drug-likeness (QED) is 0.537. The second kappa shape index (κ2) is 5.64. The van der Waals surface area contributed by atoms with Crippen molar-refractivity contribution < 1.29 is 9.53 Å². The molecule has 0 aliphatic rings. The van der Waals surface area contributed by atoms with Crippen molar-refractivity contribution in [1.29, 1.82) is 0 Å². The average molecular weight is 215 g/mol. The van der Waals surface area contributed by atoms with Crippen LogP contribution in [0.15, 0.2) is 6.20 Å². The molecule has 0 spiro atoms. The van der Waals surface area contributed by atoms with Crippen molar-refractivity contribution in [1.82, 2.24) is 15.0 Å². The molecule has 0 aromatic carbocycles. The minimum Gasteiger partial charge on any atom is -0.464 e. The summed E-state index contributed by atoms with van der Waals surface area (Å²) in [4.78, 5) is 11.0. The molecule has 78 valence electrons. The van der Waals surface area contributed by atoms with E-state index in [2.05, 4.69) is 22.0 Å². The van der Waals surface area contributed by atoms with Crippen LogP contribution in [-0.2, 0) is 11.3 Å². The molecule has 5 nitrogen and oxygen atoms in total. The molecule has 0 amide bonds. The van der Waals surface area contributed by atoms with Gasteiger partial charge in [0.2, 0.25) is 0 Å². The van der Waals surface area contributed by atoms with E-state index in [0.29, 0.717) is 0 Å². The fourth-order valence-corrected chi connectivity index (χ4v) is 1.51. The number of carbonyl (C=O) groups is 1. The summed E-state index contributed by atoms with van der Waals surface area (Å²) in [7, 11) is 1.33. The van der Waals surface area contributed by atoms with E-state index < -0.39 is 5.97 Å². The number of methoxy groups -OCH3 is 1. The van der Waals surface area contributed by atoms with E-state index in [1.54, 1.807) is 10.9 Å². The third kappa shape index (κ3) is 3.02. The van der Waals surface area contributed by atoms with Crippen LogP contribution in [0, 0.1) is 0 Å². The first-order valence-electron chi connectivity index (χ1n) is 4.34. The Hall–Kier alpha value is -1.04. The number of aryl methyl sites for hydroxylation is 1. The molecule has 0 aliphatic heterocycles. The van der Waals surface area contributed by atoms with Crippen LogP contribution in [0.3, 0.4) is 0 Å². The normalized spacial score (nSPS) is 10.1. The lowest BCUT2D eigenvalue weighted by molar-refractivity contribution is 0.0594. The van der Waals surface area contributed by atoms with Crippen LogP contribution < -0.4 is 0 Å². The van der Waals surface area contributed by atoms with E-state index in [9.17, 15) is 4.79 Å². The number of ether oxygens (including phenoxy) is 1. The molecule has 0 radical (unpaired) electrons. The zero-order valence-electron chi connectivity index (χ0n) is 8.27. The molecule has 0 atom stereocenters. The van der Waals surface area contributed by atoms with E-state index in [4.69, 9.17) is 0 Å². The van der Waals surface area contributed by atoms with Crippen molar-refractivity contribution in [2.45, 2.75) is 13.5 Å². The third-order valence-electron chi connectivity index (χ3n) is 1.60. The molecule has 0 fully saturated rings. The van der Waals surface area contributed by atoms with Crippen molar-refractivity contribution in [2.75, 3.05) is 18.6 Å². The van der Waals surface area contributed by atoms with Crippen LogP contribution in [0.25, 0.3) is 0 Å². The topological polar surface area (TPSA) is 57.0 Å². The van der Waals surface area contributed by atoms with Crippen LogP contribution in [0.1, 0.15) is 17.4 Å². The Balaban J connectivity index is 2.46. The van der Waals surface area contributed by atoms with E-state index >= 15 is 0 Å². The summed E-state index contributed by atoms with van der Waals surface area (Å²) in [6.07, 6.45) is 1.60. The van der Waals surface area contributed by atoms with Gasteiger partial charge in [0.15, 0.2) is 5.69 Å². The van der Waals surface area contributed by atoms with Gasteiger partial charge in [-0.1, -0.05) is 12.1 Å². The first kappa shape index (κ1) is 11.0. The zero-order valence-corrected chi connectivity index (χ0v) is 9.08.